The monoisotopic (exact) mass is 285 g/mol. The zero-order chi connectivity index (χ0) is 12.1. The van der Waals surface area contributed by atoms with E-state index in [2.05, 4.69) is 20.9 Å². The first-order chi connectivity index (χ1) is 7.56. The normalized spacial score (nSPS) is 10.0. The SMILES string of the molecule is CCN(CC(=O)N(C)C)c1ncccc1Br. The third-order valence-electron chi connectivity index (χ3n) is 2.25. The summed E-state index contributed by atoms with van der Waals surface area (Å²) in [4.78, 5) is 19.4. The molecule has 0 bridgehead atoms. The van der Waals surface area contributed by atoms with Gasteiger partial charge in [-0.05, 0) is 35.0 Å². The highest BCUT2D eigenvalue weighted by molar-refractivity contribution is 9.10. The predicted molar refractivity (Wildman–Crippen MR) is 68.5 cm³/mol. The maximum Gasteiger partial charge on any atom is 0.241 e. The molecule has 0 aliphatic heterocycles. The van der Waals surface area contributed by atoms with Gasteiger partial charge in [0.2, 0.25) is 5.91 Å². The van der Waals surface area contributed by atoms with Crippen LogP contribution in [-0.4, -0.2) is 43.0 Å². The third-order valence-corrected chi connectivity index (χ3v) is 2.86. The van der Waals surface area contributed by atoms with Crippen molar-refractivity contribution in [2.75, 3.05) is 32.1 Å². The van der Waals surface area contributed by atoms with E-state index in [1.165, 1.54) is 0 Å². The summed E-state index contributed by atoms with van der Waals surface area (Å²) < 4.78 is 0.906. The summed E-state index contributed by atoms with van der Waals surface area (Å²) in [5.41, 5.74) is 0. The molecule has 0 saturated heterocycles. The highest BCUT2D eigenvalue weighted by Gasteiger charge is 2.14. The minimum absolute atomic E-state index is 0.0689. The standard InChI is InChI=1S/C11H16BrN3O/c1-4-15(8-10(16)14(2)3)11-9(12)6-5-7-13-11/h5-7H,4,8H2,1-3H3. The van der Waals surface area contributed by atoms with Gasteiger partial charge in [0.15, 0.2) is 0 Å². The van der Waals surface area contributed by atoms with Crippen LogP contribution >= 0.6 is 15.9 Å². The van der Waals surface area contributed by atoms with Crippen LogP contribution in [0.25, 0.3) is 0 Å². The van der Waals surface area contributed by atoms with Crippen LogP contribution < -0.4 is 4.90 Å². The van der Waals surface area contributed by atoms with E-state index in [9.17, 15) is 4.79 Å². The van der Waals surface area contributed by atoms with Crippen molar-refractivity contribution in [2.45, 2.75) is 6.92 Å². The number of carbonyl (C=O) groups is 1. The zero-order valence-corrected chi connectivity index (χ0v) is 11.4. The minimum atomic E-state index is 0.0689. The molecule has 0 aromatic carbocycles. The molecule has 4 nitrogen and oxygen atoms in total. The molecular formula is C11H16BrN3O. The van der Waals surface area contributed by atoms with E-state index in [1.54, 1.807) is 25.2 Å². The summed E-state index contributed by atoms with van der Waals surface area (Å²) in [6, 6.07) is 3.78. The van der Waals surface area contributed by atoms with Gasteiger partial charge in [-0.2, -0.15) is 0 Å². The van der Waals surface area contributed by atoms with Crippen LogP contribution in [0, 0.1) is 0 Å². The summed E-state index contributed by atoms with van der Waals surface area (Å²) >= 11 is 3.44. The van der Waals surface area contributed by atoms with Crippen LogP contribution in [0.15, 0.2) is 22.8 Å². The summed E-state index contributed by atoms with van der Waals surface area (Å²) in [7, 11) is 3.51. The highest BCUT2D eigenvalue weighted by Crippen LogP contribution is 2.22. The van der Waals surface area contributed by atoms with E-state index in [4.69, 9.17) is 0 Å². The Morgan fingerprint density at radius 1 is 1.50 bits per heavy atom. The lowest BCUT2D eigenvalue weighted by Crippen LogP contribution is -2.37. The number of hydrogen-bond donors (Lipinski definition) is 0. The molecule has 0 fully saturated rings. The molecule has 1 heterocycles. The molecular weight excluding hydrogens is 270 g/mol. The van der Waals surface area contributed by atoms with Crippen LogP contribution in [0.3, 0.4) is 0 Å². The average molecular weight is 286 g/mol. The molecule has 5 heteroatoms. The molecule has 0 spiro atoms. The number of aromatic nitrogens is 1. The lowest BCUT2D eigenvalue weighted by molar-refractivity contribution is -0.127. The number of halogens is 1. The van der Waals surface area contributed by atoms with Crippen LogP contribution in [0.2, 0.25) is 0 Å². The molecule has 1 aromatic rings. The van der Waals surface area contributed by atoms with Gasteiger partial charge >= 0.3 is 0 Å². The molecule has 0 saturated carbocycles. The van der Waals surface area contributed by atoms with Crippen molar-refractivity contribution in [3.8, 4) is 0 Å². The van der Waals surface area contributed by atoms with Crippen molar-refractivity contribution in [2.24, 2.45) is 0 Å². The average Bonchev–Trinajstić information content (AvgIpc) is 2.26. The van der Waals surface area contributed by atoms with Crippen molar-refractivity contribution < 1.29 is 4.79 Å². The molecule has 0 N–H and O–H groups in total. The molecule has 1 rings (SSSR count). The predicted octanol–water partition coefficient (Wildman–Crippen LogP) is 1.76. The van der Waals surface area contributed by atoms with Gasteiger partial charge < -0.3 is 9.80 Å². The van der Waals surface area contributed by atoms with Crippen molar-refractivity contribution in [1.82, 2.24) is 9.88 Å². The fourth-order valence-electron chi connectivity index (χ4n) is 1.25. The Balaban J connectivity index is 2.83. The number of anilines is 1. The summed E-state index contributed by atoms with van der Waals surface area (Å²) in [6.45, 7) is 3.10. The lowest BCUT2D eigenvalue weighted by atomic mass is 10.4. The van der Waals surface area contributed by atoms with E-state index in [0.717, 1.165) is 16.8 Å². The van der Waals surface area contributed by atoms with E-state index in [0.29, 0.717) is 6.54 Å². The molecule has 16 heavy (non-hydrogen) atoms. The lowest BCUT2D eigenvalue weighted by Gasteiger charge is -2.23. The van der Waals surface area contributed by atoms with E-state index in [-0.39, 0.29) is 5.91 Å². The number of amides is 1. The Labute approximate surface area is 104 Å². The van der Waals surface area contributed by atoms with Crippen LogP contribution in [0.4, 0.5) is 5.82 Å². The van der Waals surface area contributed by atoms with Gasteiger partial charge in [0.05, 0.1) is 11.0 Å². The molecule has 0 unspecified atom stereocenters. The van der Waals surface area contributed by atoms with Gasteiger partial charge in [-0.25, -0.2) is 4.98 Å². The smallest absolute Gasteiger partial charge is 0.241 e. The first kappa shape index (κ1) is 13.0. The molecule has 0 atom stereocenters. The maximum absolute atomic E-state index is 11.6. The molecule has 0 aliphatic carbocycles. The number of pyridine rings is 1. The Hall–Kier alpha value is -1.10. The highest BCUT2D eigenvalue weighted by atomic mass is 79.9. The van der Waals surface area contributed by atoms with Gasteiger partial charge in [-0.1, -0.05) is 0 Å². The fraction of sp³-hybridized carbons (Fsp3) is 0.455. The fourth-order valence-corrected chi connectivity index (χ4v) is 1.76. The summed E-state index contributed by atoms with van der Waals surface area (Å²) in [5, 5.41) is 0. The molecule has 1 aromatic heterocycles. The van der Waals surface area contributed by atoms with Crippen molar-refractivity contribution in [1.29, 1.82) is 0 Å². The van der Waals surface area contributed by atoms with Gasteiger partial charge in [0.25, 0.3) is 0 Å². The largest absolute Gasteiger partial charge is 0.347 e. The number of likely N-dealkylation sites (N-methyl/N-ethyl adjacent to an activating group) is 2. The third kappa shape index (κ3) is 3.20. The molecule has 88 valence electrons. The number of carbonyl (C=O) groups excluding carboxylic acids is 1. The second kappa shape index (κ2) is 5.84. The quantitative estimate of drug-likeness (QED) is 0.846. The Morgan fingerprint density at radius 2 is 2.19 bits per heavy atom. The van der Waals surface area contributed by atoms with E-state index >= 15 is 0 Å². The number of hydrogen-bond acceptors (Lipinski definition) is 3. The number of nitrogens with zero attached hydrogens (tertiary/aromatic N) is 3. The van der Waals surface area contributed by atoms with E-state index in [1.807, 2.05) is 24.0 Å². The van der Waals surface area contributed by atoms with Crippen LogP contribution in [-0.2, 0) is 4.79 Å². The number of rotatable bonds is 4. The first-order valence-electron chi connectivity index (χ1n) is 5.12. The van der Waals surface area contributed by atoms with Crippen LogP contribution in [0.5, 0.6) is 0 Å². The van der Waals surface area contributed by atoms with Crippen molar-refractivity contribution >= 4 is 27.7 Å². The van der Waals surface area contributed by atoms with E-state index < -0.39 is 0 Å². The second-order valence-electron chi connectivity index (χ2n) is 3.61. The summed E-state index contributed by atoms with van der Waals surface area (Å²) in [5.74, 6) is 0.875. The van der Waals surface area contributed by atoms with Crippen LogP contribution in [0.1, 0.15) is 6.92 Å². The minimum Gasteiger partial charge on any atom is -0.347 e. The van der Waals surface area contributed by atoms with Gasteiger partial charge in [0, 0.05) is 26.8 Å². The first-order valence-corrected chi connectivity index (χ1v) is 5.91. The van der Waals surface area contributed by atoms with Gasteiger partial charge in [0.1, 0.15) is 5.82 Å². The molecule has 1 amide bonds. The molecule has 0 radical (unpaired) electrons. The topological polar surface area (TPSA) is 36.4 Å². The van der Waals surface area contributed by atoms with Gasteiger partial charge in [-0.15, -0.1) is 0 Å². The van der Waals surface area contributed by atoms with Gasteiger partial charge in [-0.3, -0.25) is 4.79 Å². The van der Waals surface area contributed by atoms with Crippen molar-refractivity contribution in [3.05, 3.63) is 22.8 Å². The second-order valence-corrected chi connectivity index (χ2v) is 4.47. The summed E-state index contributed by atoms with van der Waals surface area (Å²) in [6.07, 6.45) is 1.73. The Bertz CT molecular complexity index is 368. The Morgan fingerprint density at radius 3 is 2.69 bits per heavy atom. The zero-order valence-electron chi connectivity index (χ0n) is 9.77. The van der Waals surface area contributed by atoms with Crippen molar-refractivity contribution in [3.63, 3.8) is 0 Å². The molecule has 0 aliphatic rings. The maximum atomic E-state index is 11.6. The Kier molecular flexibility index (Phi) is 4.73.